The molecule has 0 amide bonds. The average Bonchev–Trinajstić information content (AvgIpc) is 2.90. The summed E-state index contributed by atoms with van der Waals surface area (Å²) >= 11 is 2.01. The third kappa shape index (κ3) is 0.835. The third-order valence-corrected chi connectivity index (χ3v) is 8.50. The van der Waals surface area contributed by atoms with E-state index in [0.717, 1.165) is 23.7 Å². The Bertz CT molecular complexity index is 603. The van der Waals surface area contributed by atoms with E-state index in [1.807, 2.05) is 11.8 Å². The van der Waals surface area contributed by atoms with E-state index in [9.17, 15) is 0 Å². The van der Waals surface area contributed by atoms with Crippen LogP contribution in [0.3, 0.4) is 0 Å². The number of fused-ring (bicyclic) bond motifs is 3. The van der Waals surface area contributed by atoms with Crippen molar-refractivity contribution in [2.24, 2.45) is 29.1 Å². The summed E-state index contributed by atoms with van der Waals surface area (Å²) in [6, 6.07) is 8.91. The maximum atomic E-state index is 6.57. The molecule has 3 aliphatic heterocycles. The molecule has 0 radical (unpaired) electrons. The number of thioether (sulfide) groups is 1. The second kappa shape index (κ2) is 2.86. The van der Waals surface area contributed by atoms with Crippen LogP contribution in [0.1, 0.15) is 36.2 Å². The molecule has 102 valence electrons. The normalized spacial score (nSPS) is 57.4. The van der Waals surface area contributed by atoms with Crippen molar-refractivity contribution in [2.45, 2.75) is 35.9 Å². The van der Waals surface area contributed by atoms with E-state index < -0.39 is 0 Å². The van der Waals surface area contributed by atoms with E-state index in [0.29, 0.717) is 28.5 Å². The van der Waals surface area contributed by atoms with E-state index in [-0.39, 0.29) is 0 Å². The second-order valence-corrected chi connectivity index (χ2v) is 8.76. The zero-order chi connectivity index (χ0) is 12.6. The van der Waals surface area contributed by atoms with Crippen molar-refractivity contribution in [1.29, 1.82) is 0 Å². The van der Waals surface area contributed by atoms with Crippen molar-refractivity contribution in [3.63, 3.8) is 0 Å². The fourth-order valence-corrected chi connectivity index (χ4v) is 8.44. The lowest BCUT2D eigenvalue weighted by Crippen LogP contribution is -2.36. The van der Waals surface area contributed by atoms with Crippen molar-refractivity contribution in [3.05, 3.63) is 35.4 Å². The molecule has 2 saturated carbocycles. The first-order valence-corrected chi connectivity index (χ1v) is 8.88. The Hall–Kier alpha value is -0.510. The van der Waals surface area contributed by atoms with Gasteiger partial charge in [0, 0.05) is 23.7 Å². The number of ether oxygens (including phenoxy) is 2. The summed E-state index contributed by atoms with van der Waals surface area (Å²) in [6.45, 7) is 0. The van der Waals surface area contributed by atoms with Gasteiger partial charge in [0.15, 0.2) is 0 Å². The van der Waals surface area contributed by atoms with Crippen molar-refractivity contribution >= 4 is 11.8 Å². The van der Waals surface area contributed by atoms with Crippen LogP contribution in [0.2, 0.25) is 0 Å². The minimum atomic E-state index is 0.361. The minimum Gasteiger partial charge on any atom is -0.359 e. The van der Waals surface area contributed by atoms with Gasteiger partial charge in [-0.2, -0.15) is 0 Å². The van der Waals surface area contributed by atoms with Crippen molar-refractivity contribution in [3.8, 4) is 0 Å². The molecule has 1 aromatic rings. The molecule has 6 aliphatic rings. The van der Waals surface area contributed by atoms with Crippen LogP contribution in [0.25, 0.3) is 0 Å². The summed E-state index contributed by atoms with van der Waals surface area (Å²) in [5.74, 6) is 3.13. The Labute approximate surface area is 122 Å². The molecule has 20 heavy (non-hydrogen) atoms. The van der Waals surface area contributed by atoms with Crippen molar-refractivity contribution < 1.29 is 9.47 Å². The Morgan fingerprint density at radius 2 is 1.45 bits per heavy atom. The molecule has 7 rings (SSSR count). The van der Waals surface area contributed by atoms with Gasteiger partial charge in [-0.15, -0.1) is 0 Å². The lowest BCUT2D eigenvalue weighted by atomic mass is 9.72. The Balaban J connectivity index is 1.57. The predicted octanol–water partition coefficient (Wildman–Crippen LogP) is 3.50. The van der Waals surface area contributed by atoms with Gasteiger partial charge in [-0.25, -0.2) is 0 Å². The van der Waals surface area contributed by atoms with Gasteiger partial charge in [0.25, 0.3) is 0 Å². The van der Waals surface area contributed by atoms with Gasteiger partial charge in [0.1, 0.15) is 10.9 Å². The van der Waals surface area contributed by atoms with E-state index in [1.165, 1.54) is 24.0 Å². The highest BCUT2D eigenvalue weighted by molar-refractivity contribution is 8.00. The monoisotopic (exact) mass is 284 g/mol. The van der Waals surface area contributed by atoms with E-state index >= 15 is 0 Å². The van der Waals surface area contributed by atoms with Crippen LogP contribution in [0.5, 0.6) is 0 Å². The highest BCUT2D eigenvalue weighted by atomic mass is 32.2. The van der Waals surface area contributed by atoms with Gasteiger partial charge in [-0.3, -0.25) is 0 Å². The Morgan fingerprint density at radius 3 is 1.95 bits per heavy atom. The smallest absolute Gasteiger partial charge is 0.110 e. The van der Waals surface area contributed by atoms with Gasteiger partial charge < -0.3 is 9.47 Å². The number of hydrogen-bond acceptors (Lipinski definition) is 3. The molecular weight excluding hydrogens is 268 g/mol. The SMILES string of the molecule is c1ccc2c(c1)[C@H]1O[C@H]3S[C@H]4O[C@@H]2[C@H]2[C@@H]1[C@@H]3C1(CC1)[C@H]24. The molecule has 8 atom stereocenters. The highest BCUT2D eigenvalue weighted by Gasteiger charge is 2.80. The Morgan fingerprint density at radius 1 is 0.900 bits per heavy atom. The number of rotatable bonds is 0. The molecule has 0 aromatic heterocycles. The predicted molar refractivity (Wildman–Crippen MR) is 74.9 cm³/mol. The van der Waals surface area contributed by atoms with Crippen LogP contribution in [0.15, 0.2) is 24.3 Å². The second-order valence-electron chi connectivity index (χ2n) is 7.55. The molecule has 3 saturated heterocycles. The van der Waals surface area contributed by atoms with E-state index in [2.05, 4.69) is 24.3 Å². The van der Waals surface area contributed by atoms with Gasteiger partial charge >= 0.3 is 0 Å². The standard InChI is InChI=1S/C17H16O2S/c1-2-4-8-7(3-1)13-9-10-12-16(19-14(8)10)20-15(18-13)11(9)17(12)5-6-17/h1-4,9-16H,5-6H2/t9-,10+,11+,12-,13-,14+,15+,16-. The van der Waals surface area contributed by atoms with Crippen LogP contribution >= 0.6 is 11.8 Å². The molecule has 0 unspecified atom stereocenters. The topological polar surface area (TPSA) is 18.5 Å². The lowest BCUT2D eigenvalue weighted by Gasteiger charge is -2.37. The average molecular weight is 284 g/mol. The summed E-state index contributed by atoms with van der Waals surface area (Å²) in [7, 11) is 0. The third-order valence-electron chi connectivity index (χ3n) is 7.15. The molecule has 3 aliphatic carbocycles. The Kier molecular flexibility index (Phi) is 1.47. The zero-order valence-electron chi connectivity index (χ0n) is 11.1. The van der Waals surface area contributed by atoms with Crippen LogP contribution in [0, 0.1) is 29.1 Å². The highest BCUT2D eigenvalue weighted by Crippen LogP contribution is 2.84. The zero-order valence-corrected chi connectivity index (χ0v) is 11.9. The summed E-state index contributed by atoms with van der Waals surface area (Å²) in [6.07, 6.45) is 3.59. The first-order valence-electron chi connectivity index (χ1n) is 7.94. The van der Waals surface area contributed by atoms with Gasteiger partial charge in [0.05, 0.1) is 12.2 Å². The van der Waals surface area contributed by atoms with Crippen LogP contribution in [-0.2, 0) is 9.47 Å². The summed E-state index contributed by atoms with van der Waals surface area (Å²) < 4.78 is 13.1. The number of hydrogen-bond donors (Lipinski definition) is 0. The quantitative estimate of drug-likeness (QED) is 0.726. The van der Waals surface area contributed by atoms with Gasteiger partial charge in [-0.1, -0.05) is 36.0 Å². The van der Waals surface area contributed by atoms with Crippen molar-refractivity contribution in [1.82, 2.24) is 0 Å². The summed E-state index contributed by atoms with van der Waals surface area (Å²) in [5.41, 5.74) is 4.30. The molecule has 3 heterocycles. The largest absolute Gasteiger partial charge is 0.359 e. The molecular formula is C17H16O2S. The first kappa shape index (κ1) is 10.3. The van der Waals surface area contributed by atoms with Crippen LogP contribution in [-0.4, -0.2) is 10.9 Å². The van der Waals surface area contributed by atoms with Gasteiger partial charge in [-0.05, 0) is 29.4 Å². The summed E-state index contributed by atoms with van der Waals surface area (Å²) in [5, 5.41) is 0. The molecule has 1 aromatic carbocycles. The molecule has 5 fully saturated rings. The fourth-order valence-electron chi connectivity index (χ4n) is 6.56. The lowest BCUT2D eigenvalue weighted by molar-refractivity contribution is 0.0165. The van der Waals surface area contributed by atoms with E-state index in [4.69, 9.17) is 9.47 Å². The summed E-state index contributed by atoms with van der Waals surface area (Å²) in [4.78, 5) is 0. The molecule has 1 spiro atoms. The first-order chi connectivity index (χ1) is 9.88. The fraction of sp³-hybridized carbons (Fsp3) is 0.647. The molecule has 0 N–H and O–H groups in total. The van der Waals surface area contributed by atoms with Gasteiger partial charge in [0.2, 0.25) is 0 Å². The minimum absolute atomic E-state index is 0.361. The van der Waals surface area contributed by atoms with Crippen LogP contribution in [0.4, 0.5) is 0 Å². The molecule has 2 nitrogen and oxygen atoms in total. The maximum absolute atomic E-state index is 6.57. The molecule has 3 heteroatoms. The van der Waals surface area contributed by atoms with E-state index in [1.54, 1.807) is 0 Å². The van der Waals surface area contributed by atoms with Crippen molar-refractivity contribution in [2.75, 3.05) is 0 Å². The van der Waals surface area contributed by atoms with Crippen LogP contribution < -0.4 is 0 Å². The molecule has 2 bridgehead atoms. The maximum Gasteiger partial charge on any atom is 0.110 e. The number of benzene rings is 1.